The lowest BCUT2D eigenvalue weighted by Crippen LogP contribution is -2.12. The van der Waals surface area contributed by atoms with Crippen molar-refractivity contribution < 1.29 is 9.90 Å². The minimum absolute atomic E-state index is 0.173. The van der Waals surface area contributed by atoms with Gasteiger partial charge in [0.05, 0.1) is 0 Å². The summed E-state index contributed by atoms with van der Waals surface area (Å²) in [6.07, 6.45) is 5.24. The van der Waals surface area contributed by atoms with Crippen LogP contribution in [0.25, 0.3) is 5.69 Å². The van der Waals surface area contributed by atoms with Crippen molar-refractivity contribution in [3.63, 3.8) is 0 Å². The lowest BCUT2D eigenvalue weighted by atomic mass is 9.96. The standard InChI is InChI=1S/C16H17NO2/c18-11-9-12-4-6-13(7-5-12)17-10-8-14-15(17)2-1-3-16(14)19/h4-8,10,18H,1-3,9,11H2. The Bertz CT molecular complexity index is 596. The molecule has 0 saturated heterocycles. The highest BCUT2D eigenvalue weighted by molar-refractivity contribution is 5.98. The van der Waals surface area contributed by atoms with Gasteiger partial charge in [-0.2, -0.15) is 0 Å². The van der Waals surface area contributed by atoms with E-state index < -0.39 is 0 Å². The molecular weight excluding hydrogens is 238 g/mol. The Labute approximate surface area is 112 Å². The van der Waals surface area contributed by atoms with Gasteiger partial charge in [0.15, 0.2) is 5.78 Å². The van der Waals surface area contributed by atoms with E-state index in [-0.39, 0.29) is 12.4 Å². The molecule has 19 heavy (non-hydrogen) atoms. The third-order valence-electron chi connectivity index (χ3n) is 3.72. The van der Waals surface area contributed by atoms with Crippen LogP contribution in [0.5, 0.6) is 0 Å². The smallest absolute Gasteiger partial charge is 0.164 e. The topological polar surface area (TPSA) is 42.2 Å². The summed E-state index contributed by atoms with van der Waals surface area (Å²) in [7, 11) is 0. The maximum absolute atomic E-state index is 11.8. The third-order valence-corrected chi connectivity index (χ3v) is 3.72. The van der Waals surface area contributed by atoms with Crippen LogP contribution >= 0.6 is 0 Å². The fourth-order valence-corrected chi connectivity index (χ4v) is 2.72. The molecule has 0 amide bonds. The molecule has 0 bridgehead atoms. The van der Waals surface area contributed by atoms with Crippen LogP contribution in [0.2, 0.25) is 0 Å². The van der Waals surface area contributed by atoms with Crippen LogP contribution in [0.4, 0.5) is 0 Å². The summed E-state index contributed by atoms with van der Waals surface area (Å²) in [5.41, 5.74) is 4.22. The van der Waals surface area contributed by atoms with E-state index in [1.807, 2.05) is 36.5 Å². The number of rotatable bonds is 3. The maximum Gasteiger partial charge on any atom is 0.164 e. The minimum Gasteiger partial charge on any atom is -0.396 e. The van der Waals surface area contributed by atoms with Crippen LogP contribution in [0.15, 0.2) is 36.5 Å². The summed E-state index contributed by atoms with van der Waals surface area (Å²) in [5.74, 6) is 0.261. The number of benzene rings is 1. The molecule has 1 aromatic carbocycles. The molecule has 1 aliphatic rings. The van der Waals surface area contributed by atoms with Crippen molar-refractivity contribution in [2.75, 3.05) is 6.61 Å². The van der Waals surface area contributed by atoms with Gasteiger partial charge in [0.2, 0.25) is 0 Å². The van der Waals surface area contributed by atoms with Gasteiger partial charge >= 0.3 is 0 Å². The lowest BCUT2D eigenvalue weighted by molar-refractivity contribution is 0.0972. The van der Waals surface area contributed by atoms with Gasteiger partial charge in [0, 0.05) is 36.2 Å². The number of carbonyl (C=O) groups excluding carboxylic acids is 1. The first-order chi connectivity index (χ1) is 9.29. The van der Waals surface area contributed by atoms with E-state index in [4.69, 9.17) is 5.11 Å². The Hall–Kier alpha value is -1.87. The van der Waals surface area contributed by atoms with Crippen LogP contribution in [0, 0.1) is 0 Å². The normalized spacial score (nSPS) is 14.5. The summed E-state index contributed by atoms with van der Waals surface area (Å²) in [5, 5.41) is 8.92. The Morgan fingerprint density at radius 1 is 1.11 bits per heavy atom. The van der Waals surface area contributed by atoms with Crippen molar-refractivity contribution in [3.05, 3.63) is 53.3 Å². The van der Waals surface area contributed by atoms with E-state index in [0.29, 0.717) is 12.8 Å². The second-order valence-corrected chi connectivity index (χ2v) is 4.96. The van der Waals surface area contributed by atoms with E-state index in [0.717, 1.165) is 35.3 Å². The molecule has 2 aromatic rings. The molecule has 0 aliphatic heterocycles. The maximum atomic E-state index is 11.8. The molecule has 1 heterocycles. The Morgan fingerprint density at radius 2 is 1.89 bits per heavy atom. The van der Waals surface area contributed by atoms with Crippen molar-refractivity contribution >= 4 is 5.78 Å². The van der Waals surface area contributed by atoms with Gasteiger partial charge < -0.3 is 9.67 Å². The van der Waals surface area contributed by atoms with E-state index in [2.05, 4.69) is 4.57 Å². The quantitative estimate of drug-likeness (QED) is 0.915. The van der Waals surface area contributed by atoms with Crippen molar-refractivity contribution in [1.29, 1.82) is 0 Å². The number of Topliss-reactive ketones (excluding diaryl/α,β-unsaturated/α-hetero) is 1. The second kappa shape index (κ2) is 5.02. The summed E-state index contributed by atoms with van der Waals surface area (Å²) < 4.78 is 2.11. The summed E-state index contributed by atoms with van der Waals surface area (Å²) in [6, 6.07) is 10.1. The molecule has 0 saturated carbocycles. The molecule has 0 atom stereocenters. The predicted molar refractivity (Wildman–Crippen MR) is 73.8 cm³/mol. The molecule has 1 aromatic heterocycles. The fraction of sp³-hybridized carbons (Fsp3) is 0.312. The first-order valence-electron chi connectivity index (χ1n) is 6.73. The van der Waals surface area contributed by atoms with Crippen molar-refractivity contribution in [3.8, 4) is 5.69 Å². The fourth-order valence-electron chi connectivity index (χ4n) is 2.72. The number of aliphatic hydroxyl groups is 1. The average molecular weight is 255 g/mol. The first-order valence-corrected chi connectivity index (χ1v) is 6.73. The Morgan fingerprint density at radius 3 is 2.63 bits per heavy atom. The highest BCUT2D eigenvalue weighted by atomic mass is 16.2. The number of aromatic nitrogens is 1. The van der Waals surface area contributed by atoms with Gasteiger partial charge in [0.25, 0.3) is 0 Å². The molecule has 0 radical (unpaired) electrons. The summed E-state index contributed by atoms with van der Waals surface area (Å²) in [6.45, 7) is 0.173. The number of hydrogen-bond donors (Lipinski definition) is 1. The van der Waals surface area contributed by atoms with Gasteiger partial charge in [-0.05, 0) is 43.0 Å². The van der Waals surface area contributed by atoms with Gasteiger partial charge in [-0.25, -0.2) is 0 Å². The van der Waals surface area contributed by atoms with Gasteiger partial charge in [-0.15, -0.1) is 0 Å². The third kappa shape index (κ3) is 2.22. The van der Waals surface area contributed by atoms with Gasteiger partial charge in [-0.3, -0.25) is 4.79 Å². The van der Waals surface area contributed by atoms with Crippen LogP contribution in [-0.2, 0) is 12.8 Å². The summed E-state index contributed by atoms with van der Waals surface area (Å²) in [4.78, 5) is 11.8. The van der Waals surface area contributed by atoms with Crippen LogP contribution < -0.4 is 0 Å². The molecule has 98 valence electrons. The number of carbonyl (C=O) groups is 1. The van der Waals surface area contributed by atoms with E-state index in [9.17, 15) is 4.79 Å². The van der Waals surface area contributed by atoms with Crippen molar-refractivity contribution in [2.24, 2.45) is 0 Å². The summed E-state index contributed by atoms with van der Waals surface area (Å²) >= 11 is 0. The average Bonchev–Trinajstić information content (AvgIpc) is 2.85. The number of ketones is 1. The van der Waals surface area contributed by atoms with Crippen molar-refractivity contribution in [1.82, 2.24) is 4.57 Å². The molecule has 3 rings (SSSR count). The van der Waals surface area contributed by atoms with E-state index >= 15 is 0 Å². The zero-order valence-electron chi connectivity index (χ0n) is 10.8. The molecule has 0 unspecified atom stereocenters. The van der Waals surface area contributed by atoms with E-state index in [1.165, 1.54) is 0 Å². The van der Waals surface area contributed by atoms with Gasteiger partial charge in [0.1, 0.15) is 0 Å². The van der Waals surface area contributed by atoms with E-state index in [1.54, 1.807) is 0 Å². The largest absolute Gasteiger partial charge is 0.396 e. The highest BCUT2D eigenvalue weighted by Gasteiger charge is 2.20. The van der Waals surface area contributed by atoms with Crippen LogP contribution in [0.3, 0.4) is 0 Å². The molecule has 0 spiro atoms. The number of fused-ring (bicyclic) bond motifs is 1. The molecule has 3 heteroatoms. The molecular formula is C16H17NO2. The lowest BCUT2D eigenvalue weighted by Gasteiger charge is -2.15. The molecule has 1 N–H and O–H groups in total. The van der Waals surface area contributed by atoms with Crippen molar-refractivity contribution in [2.45, 2.75) is 25.7 Å². The van der Waals surface area contributed by atoms with Crippen LogP contribution in [-0.4, -0.2) is 22.1 Å². The number of aliphatic hydroxyl groups excluding tert-OH is 1. The zero-order valence-corrected chi connectivity index (χ0v) is 10.8. The molecule has 0 fully saturated rings. The molecule has 3 nitrogen and oxygen atoms in total. The zero-order chi connectivity index (χ0) is 13.2. The first kappa shape index (κ1) is 12.2. The van der Waals surface area contributed by atoms with Gasteiger partial charge in [-0.1, -0.05) is 12.1 Å². The predicted octanol–water partition coefficient (Wildman–Crippen LogP) is 2.53. The Kier molecular flexibility index (Phi) is 3.22. The Balaban J connectivity index is 1.96. The van der Waals surface area contributed by atoms with Crippen LogP contribution in [0.1, 0.15) is 34.5 Å². The number of nitrogens with zero attached hydrogens (tertiary/aromatic N) is 1. The highest BCUT2D eigenvalue weighted by Crippen LogP contribution is 2.25. The molecule has 1 aliphatic carbocycles. The second-order valence-electron chi connectivity index (χ2n) is 4.96. The SMILES string of the molecule is O=C1CCCc2c1ccn2-c1ccc(CCO)cc1. The number of hydrogen-bond acceptors (Lipinski definition) is 2. The minimum atomic E-state index is 0.173. The monoisotopic (exact) mass is 255 g/mol.